The third kappa shape index (κ3) is 6.21. The zero-order valence-electron chi connectivity index (χ0n) is 15.8. The Morgan fingerprint density at radius 2 is 1.97 bits per heavy atom. The number of aromatic nitrogens is 1. The maximum absolute atomic E-state index is 13.2. The molecule has 1 N–H and O–H groups in total. The van der Waals surface area contributed by atoms with Crippen molar-refractivity contribution in [2.45, 2.75) is 19.1 Å². The van der Waals surface area contributed by atoms with Crippen LogP contribution in [0.3, 0.4) is 0 Å². The SMILES string of the molecule is COCCCN(Cc1nc(C(=O)OC)co1)C(=O)Nc1ccccc1C(F)(F)F. The molecular weight excluding hydrogens is 395 g/mol. The van der Waals surface area contributed by atoms with E-state index in [-0.39, 0.29) is 30.4 Å². The molecule has 2 amide bonds. The highest BCUT2D eigenvalue weighted by atomic mass is 19.4. The Morgan fingerprint density at radius 1 is 1.24 bits per heavy atom. The molecule has 2 aromatic rings. The van der Waals surface area contributed by atoms with Gasteiger partial charge in [-0.2, -0.15) is 13.2 Å². The number of alkyl halides is 3. The Labute approximate surface area is 164 Å². The molecule has 2 rings (SSSR count). The number of nitrogens with zero attached hydrogens (tertiary/aromatic N) is 2. The zero-order chi connectivity index (χ0) is 21.4. The second-order valence-corrected chi connectivity index (χ2v) is 5.86. The van der Waals surface area contributed by atoms with Crippen LogP contribution in [0.25, 0.3) is 0 Å². The van der Waals surface area contributed by atoms with E-state index in [0.717, 1.165) is 18.4 Å². The number of esters is 1. The van der Waals surface area contributed by atoms with Gasteiger partial charge in [-0.3, -0.25) is 0 Å². The predicted octanol–water partition coefficient (Wildman–Crippen LogP) is 3.55. The summed E-state index contributed by atoms with van der Waals surface area (Å²) in [5.74, 6) is -0.684. The largest absolute Gasteiger partial charge is 0.464 e. The number of methoxy groups -OCH3 is 2. The third-order valence-electron chi connectivity index (χ3n) is 3.81. The molecule has 1 heterocycles. The van der Waals surface area contributed by atoms with Crippen molar-refractivity contribution in [3.05, 3.63) is 47.7 Å². The monoisotopic (exact) mass is 415 g/mol. The molecule has 158 valence electrons. The number of hydrogen-bond acceptors (Lipinski definition) is 6. The normalized spacial score (nSPS) is 11.2. The number of oxazole rings is 1. The molecule has 0 saturated heterocycles. The first-order valence-corrected chi connectivity index (χ1v) is 8.50. The number of halogens is 3. The lowest BCUT2D eigenvalue weighted by Gasteiger charge is -2.23. The summed E-state index contributed by atoms with van der Waals surface area (Å²) in [5, 5.41) is 2.27. The van der Waals surface area contributed by atoms with E-state index in [4.69, 9.17) is 9.15 Å². The van der Waals surface area contributed by atoms with E-state index in [1.54, 1.807) is 0 Å². The second kappa shape index (κ2) is 9.92. The summed E-state index contributed by atoms with van der Waals surface area (Å²) in [6.45, 7) is 0.326. The van der Waals surface area contributed by atoms with Crippen LogP contribution in [0.2, 0.25) is 0 Å². The highest BCUT2D eigenvalue weighted by Crippen LogP contribution is 2.34. The smallest absolute Gasteiger partial charge is 0.418 e. The molecule has 0 fully saturated rings. The Hall–Kier alpha value is -3.08. The molecule has 1 aromatic carbocycles. The number of nitrogens with one attached hydrogen (secondary N) is 1. The fourth-order valence-corrected chi connectivity index (χ4v) is 2.43. The van der Waals surface area contributed by atoms with E-state index in [1.807, 2.05) is 0 Å². The van der Waals surface area contributed by atoms with Crippen LogP contribution in [0, 0.1) is 0 Å². The second-order valence-electron chi connectivity index (χ2n) is 5.86. The van der Waals surface area contributed by atoms with Crippen LogP contribution in [0.5, 0.6) is 0 Å². The lowest BCUT2D eigenvalue weighted by atomic mass is 10.1. The summed E-state index contributed by atoms with van der Waals surface area (Å²) in [6.07, 6.45) is -3.12. The number of rotatable bonds is 8. The summed E-state index contributed by atoms with van der Waals surface area (Å²) >= 11 is 0. The van der Waals surface area contributed by atoms with Crippen LogP contribution in [-0.2, 0) is 22.2 Å². The topological polar surface area (TPSA) is 93.9 Å². The summed E-state index contributed by atoms with van der Waals surface area (Å²) < 4.78 is 54.1. The molecule has 0 saturated carbocycles. The van der Waals surface area contributed by atoms with Gasteiger partial charge in [0.1, 0.15) is 6.26 Å². The van der Waals surface area contributed by atoms with Crippen molar-refractivity contribution in [2.75, 3.05) is 32.7 Å². The van der Waals surface area contributed by atoms with Gasteiger partial charge in [-0.05, 0) is 18.6 Å². The summed E-state index contributed by atoms with van der Waals surface area (Å²) in [4.78, 5) is 29.2. The van der Waals surface area contributed by atoms with E-state index in [1.165, 1.54) is 31.3 Å². The quantitative estimate of drug-likeness (QED) is 0.524. The predicted molar refractivity (Wildman–Crippen MR) is 95.2 cm³/mol. The maximum atomic E-state index is 13.2. The summed E-state index contributed by atoms with van der Waals surface area (Å²) in [5.41, 5.74) is -1.42. The average molecular weight is 415 g/mol. The van der Waals surface area contributed by atoms with Gasteiger partial charge < -0.3 is 24.1 Å². The molecule has 0 spiro atoms. The first-order chi connectivity index (χ1) is 13.8. The van der Waals surface area contributed by atoms with Crippen molar-refractivity contribution in [2.24, 2.45) is 0 Å². The van der Waals surface area contributed by atoms with Gasteiger partial charge >= 0.3 is 18.2 Å². The number of carbonyl (C=O) groups is 2. The first kappa shape index (κ1) is 22.2. The highest BCUT2D eigenvalue weighted by molar-refractivity contribution is 5.90. The van der Waals surface area contributed by atoms with Gasteiger partial charge in [0, 0.05) is 20.3 Å². The van der Waals surface area contributed by atoms with Gasteiger partial charge in [-0.25, -0.2) is 14.6 Å². The maximum Gasteiger partial charge on any atom is 0.418 e. The van der Waals surface area contributed by atoms with Crippen molar-refractivity contribution in [3.63, 3.8) is 0 Å². The molecule has 0 aliphatic carbocycles. The van der Waals surface area contributed by atoms with Gasteiger partial charge in [0.15, 0.2) is 5.69 Å². The van der Waals surface area contributed by atoms with E-state index in [0.29, 0.717) is 13.0 Å². The van der Waals surface area contributed by atoms with Gasteiger partial charge in [-0.1, -0.05) is 12.1 Å². The van der Waals surface area contributed by atoms with Gasteiger partial charge in [-0.15, -0.1) is 0 Å². The number of anilines is 1. The minimum atomic E-state index is -4.62. The summed E-state index contributed by atoms with van der Waals surface area (Å²) in [6, 6.07) is 3.87. The highest BCUT2D eigenvalue weighted by Gasteiger charge is 2.34. The Bertz CT molecular complexity index is 838. The first-order valence-electron chi connectivity index (χ1n) is 8.50. The zero-order valence-corrected chi connectivity index (χ0v) is 15.8. The fraction of sp³-hybridized carbons (Fsp3) is 0.389. The van der Waals surface area contributed by atoms with Crippen LogP contribution < -0.4 is 5.32 Å². The number of para-hydroxylation sites is 1. The van der Waals surface area contributed by atoms with Crippen LogP contribution in [-0.4, -0.2) is 49.3 Å². The van der Waals surface area contributed by atoms with Crippen molar-refractivity contribution in [1.82, 2.24) is 9.88 Å². The average Bonchev–Trinajstić information content (AvgIpc) is 3.15. The summed E-state index contributed by atoms with van der Waals surface area (Å²) in [7, 11) is 2.67. The number of urea groups is 1. The third-order valence-corrected chi connectivity index (χ3v) is 3.81. The minimum Gasteiger partial charge on any atom is -0.464 e. The number of carbonyl (C=O) groups excluding carboxylic acids is 2. The number of benzene rings is 1. The van der Waals surface area contributed by atoms with Crippen molar-refractivity contribution in [3.8, 4) is 0 Å². The molecular formula is C18H20F3N3O5. The fourth-order valence-electron chi connectivity index (χ4n) is 2.43. The lowest BCUT2D eigenvalue weighted by molar-refractivity contribution is -0.136. The molecule has 11 heteroatoms. The van der Waals surface area contributed by atoms with E-state index in [9.17, 15) is 22.8 Å². The number of hydrogen-bond donors (Lipinski definition) is 1. The van der Waals surface area contributed by atoms with Crippen LogP contribution >= 0.6 is 0 Å². The lowest BCUT2D eigenvalue weighted by Crippen LogP contribution is -2.36. The van der Waals surface area contributed by atoms with Gasteiger partial charge in [0.2, 0.25) is 5.89 Å². The molecule has 0 unspecified atom stereocenters. The molecule has 1 aromatic heterocycles. The molecule has 0 aliphatic rings. The Balaban J connectivity index is 2.18. The standard InChI is InChI=1S/C18H20F3N3O5/c1-27-9-5-8-24(10-15-22-14(11-29-15)16(25)28-2)17(26)23-13-7-4-3-6-12(13)18(19,20)21/h3-4,6-7,11H,5,8-10H2,1-2H3,(H,23,26). The Kier molecular flexibility index (Phi) is 7.59. The van der Waals surface area contributed by atoms with Crippen molar-refractivity contribution < 1.29 is 36.7 Å². The minimum absolute atomic E-state index is 0.0297. The molecule has 0 atom stereocenters. The van der Waals surface area contributed by atoms with Crippen molar-refractivity contribution >= 4 is 17.7 Å². The van der Waals surface area contributed by atoms with E-state index in [2.05, 4.69) is 15.0 Å². The van der Waals surface area contributed by atoms with Crippen LogP contribution in [0.1, 0.15) is 28.4 Å². The number of amides is 2. The molecule has 29 heavy (non-hydrogen) atoms. The van der Waals surface area contributed by atoms with E-state index >= 15 is 0 Å². The molecule has 0 aliphatic heterocycles. The van der Waals surface area contributed by atoms with Crippen molar-refractivity contribution in [1.29, 1.82) is 0 Å². The van der Waals surface area contributed by atoms with Crippen LogP contribution in [0.4, 0.5) is 23.7 Å². The van der Waals surface area contributed by atoms with Gasteiger partial charge in [0.05, 0.1) is 24.9 Å². The van der Waals surface area contributed by atoms with Gasteiger partial charge in [0.25, 0.3) is 0 Å². The van der Waals surface area contributed by atoms with E-state index < -0.39 is 23.7 Å². The Morgan fingerprint density at radius 3 is 2.62 bits per heavy atom. The molecule has 0 radical (unpaired) electrons. The van der Waals surface area contributed by atoms with Crippen LogP contribution in [0.15, 0.2) is 34.9 Å². The molecule has 0 bridgehead atoms. The molecule has 8 nitrogen and oxygen atoms in total. The number of ether oxygens (including phenoxy) is 2.